The van der Waals surface area contributed by atoms with Crippen molar-refractivity contribution in [2.24, 2.45) is 0 Å². The minimum atomic E-state index is -0.875. The summed E-state index contributed by atoms with van der Waals surface area (Å²) < 4.78 is 5.53. The van der Waals surface area contributed by atoms with Crippen LogP contribution >= 0.6 is 0 Å². The highest BCUT2D eigenvalue weighted by molar-refractivity contribution is 6.04. The molecule has 0 unspecified atom stereocenters. The fourth-order valence-electron chi connectivity index (χ4n) is 2.34. The van der Waals surface area contributed by atoms with E-state index in [1.54, 1.807) is 31.2 Å². The van der Waals surface area contributed by atoms with E-state index in [9.17, 15) is 19.7 Å². The molecular formula is C20H23N3O5. The van der Waals surface area contributed by atoms with E-state index in [1.165, 1.54) is 24.3 Å². The Kier molecular flexibility index (Phi) is 6.35. The van der Waals surface area contributed by atoms with Crippen molar-refractivity contribution >= 4 is 23.2 Å². The Morgan fingerprint density at radius 3 is 2.25 bits per heavy atom. The van der Waals surface area contributed by atoms with Gasteiger partial charge in [0.25, 0.3) is 17.5 Å². The molecule has 0 saturated heterocycles. The van der Waals surface area contributed by atoms with Gasteiger partial charge in [-0.05, 0) is 52.0 Å². The number of hydrogen-bond donors (Lipinski definition) is 2. The first-order valence-electron chi connectivity index (χ1n) is 8.70. The molecule has 2 N–H and O–H groups in total. The zero-order valence-corrected chi connectivity index (χ0v) is 16.2. The second kappa shape index (κ2) is 8.51. The van der Waals surface area contributed by atoms with Crippen molar-refractivity contribution < 1.29 is 19.2 Å². The third-order valence-electron chi connectivity index (χ3n) is 3.65. The second-order valence-corrected chi connectivity index (χ2v) is 7.25. The lowest BCUT2D eigenvalue weighted by atomic mass is 10.1. The molecule has 8 heteroatoms. The summed E-state index contributed by atoms with van der Waals surface area (Å²) >= 11 is 0. The topological polar surface area (TPSA) is 111 Å². The van der Waals surface area contributed by atoms with Gasteiger partial charge in [-0.15, -0.1) is 0 Å². The number of nitro groups is 1. The standard InChI is InChI=1S/C20H23N3O5/c1-13(28-15-11-9-14(10-12-15)23(26)27)18(24)21-17-8-6-5-7-16(17)19(25)22-20(2,3)4/h5-13H,1-4H3,(H,21,24)(H,22,25)/t13-/m1/s1. The number of nitrogens with zero attached hydrogens (tertiary/aromatic N) is 1. The van der Waals surface area contributed by atoms with Gasteiger partial charge >= 0.3 is 0 Å². The lowest BCUT2D eigenvalue weighted by molar-refractivity contribution is -0.384. The minimum absolute atomic E-state index is 0.0664. The molecule has 148 valence electrons. The number of rotatable bonds is 6. The van der Waals surface area contributed by atoms with Crippen LogP contribution in [0.25, 0.3) is 0 Å². The van der Waals surface area contributed by atoms with Crippen molar-refractivity contribution in [3.8, 4) is 5.75 Å². The highest BCUT2D eigenvalue weighted by atomic mass is 16.6. The molecule has 0 spiro atoms. The highest BCUT2D eigenvalue weighted by Gasteiger charge is 2.21. The van der Waals surface area contributed by atoms with Crippen LogP contribution in [0, 0.1) is 10.1 Å². The van der Waals surface area contributed by atoms with Crippen LogP contribution in [0.4, 0.5) is 11.4 Å². The van der Waals surface area contributed by atoms with Crippen molar-refractivity contribution in [1.82, 2.24) is 5.32 Å². The molecule has 0 aliphatic heterocycles. The van der Waals surface area contributed by atoms with E-state index in [1.807, 2.05) is 20.8 Å². The van der Waals surface area contributed by atoms with Crippen molar-refractivity contribution in [2.75, 3.05) is 5.32 Å². The molecule has 8 nitrogen and oxygen atoms in total. The Labute approximate surface area is 163 Å². The van der Waals surface area contributed by atoms with Crippen LogP contribution in [0.5, 0.6) is 5.75 Å². The Hall–Kier alpha value is -3.42. The van der Waals surface area contributed by atoms with Gasteiger partial charge in [0, 0.05) is 17.7 Å². The lowest BCUT2D eigenvalue weighted by Crippen LogP contribution is -2.41. The van der Waals surface area contributed by atoms with Crippen molar-refractivity contribution in [3.05, 3.63) is 64.2 Å². The summed E-state index contributed by atoms with van der Waals surface area (Å²) in [5.74, 6) is -0.422. The summed E-state index contributed by atoms with van der Waals surface area (Å²) in [5.41, 5.74) is 0.227. The predicted molar refractivity (Wildman–Crippen MR) is 105 cm³/mol. The van der Waals surface area contributed by atoms with Crippen molar-refractivity contribution in [2.45, 2.75) is 39.3 Å². The van der Waals surface area contributed by atoms with Crippen molar-refractivity contribution in [1.29, 1.82) is 0 Å². The number of carbonyl (C=O) groups excluding carboxylic acids is 2. The van der Waals surface area contributed by atoms with Gasteiger partial charge in [0.1, 0.15) is 5.75 Å². The zero-order valence-electron chi connectivity index (χ0n) is 16.2. The average Bonchev–Trinajstić information content (AvgIpc) is 2.61. The smallest absolute Gasteiger partial charge is 0.269 e. The Bertz CT molecular complexity index is 872. The number of anilines is 1. The molecule has 2 amide bonds. The molecule has 0 aromatic heterocycles. The zero-order chi connectivity index (χ0) is 20.9. The lowest BCUT2D eigenvalue weighted by Gasteiger charge is -2.22. The monoisotopic (exact) mass is 385 g/mol. The van der Waals surface area contributed by atoms with Gasteiger partial charge in [-0.3, -0.25) is 19.7 Å². The van der Waals surface area contributed by atoms with E-state index in [-0.39, 0.29) is 11.6 Å². The van der Waals surface area contributed by atoms with E-state index in [4.69, 9.17) is 4.74 Å². The number of benzene rings is 2. The van der Waals surface area contributed by atoms with Gasteiger partial charge in [0.2, 0.25) is 0 Å². The van der Waals surface area contributed by atoms with E-state index in [0.29, 0.717) is 17.0 Å². The first kappa shape index (κ1) is 20.9. The van der Waals surface area contributed by atoms with Crippen LogP contribution in [0.15, 0.2) is 48.5 Å². The molecule has 0 radical (unpaired) electrons. The average molecular weight is 385 g/mol. The molecule has 0 aliphatic rings. The number of carbonyl (C=O) groups is 2. The molecule has 1 atom stereocenters. The van der Waals surface area contributed by atoms with Gasteiger partial charge in [-0.25, -0.2) is 0 Å². The van der Waals surface area contributed by atoms with Crippen LogP contribution in [0.1, 0.15) is 38.1 Å². The van der Waals surface area contributed by atoms with Gasteiger partial charge < -0.3 is 15.4 Å². The van der Waals surface area contributed by atoms with E-state index < -0.39 is 22.5 Å². The first-order chi connectivity index (χ1) is 13.1. The number of para-hydroxylation sites is 1. The van der Waals surface area contributed by atoms with Gasteiger partial charge in [-0.1, -0.05) is 12.1 Å². The quantitative estimate of drug-likeness (QED) is 0.584. The summed E-state index contributed by atoms with van der Waals surface area (Å²) in [6.07, 6.45) is -0.875. The molecule has 2 rings (SSSR count). The van der Waals surface area contributed by atoms with Crippen LogP contribution in [-0.2, 0) is 4.79 Å². The SMILES string of the molecule is C[C@@H](Oc1ccc([N+](=O)[O-])cc1)C(=O)Nc1ccccc1C(=O)NC(C)(C)C. The summed E-state index contributed by atoms with van der Waals surface area (Å²) in [6.45, 7) is 7.15. The fraction of sp³-hybridized carbons (Fsp3) is 0.300. The molecule has 0 saturated carbocycles. The second-order valence-electron chi connectivity index (χ2n) is 7.25. The Morgan fingerprint density at radius 2 is 1.68 bits per heavy atom. The highest BCUT2D eigenvalue weighted by Crippen LogP contribution is 2.20. The molecule has 0 heterocycles. The minimum Gasteiger partial charge on any atom is -0.481 e. The van der Waals surface area contributed by atoms with Crippen LogP contribution in [0.2, 0.25) is 0 Å². The van der Waals surface area contributed by atoms with Crippen LogP contribution in [0.3, 0.4) is 0 Å². The Balaban J connectivity index is 2.08. The van der Waals surface area contributed by atoms with Crippen molar-refractivity contribution in [3.63, 3.8) is 0 Å². The van der Waals surface area contributed by atoms with Gasteiger partial charge in [0.05, 0.1) is 16.2 Å². The number of nitrogens with one attached hydrogen (secondary N) is 2. The number of amides is 2. The molecule has 0 fully saturated rings. The molecule has 2 aromatic rings. The molecular weight excluding hydrogens is 362 g/mol. The van der Waals surface area contributed by atoms with E-state index in [0.717, 1.165) is 0 Å². The molecule has 28 heavy (non-hydrogen) atoms. The Morgan fingerprint density at radius 1 is 1.07 bits per heavy atom. The third kappa shape index (κ3) is 5.80. The maximum Gasteiger partial charge on any atom is 0.269 e. The first-order valence-corrected chi connectivity index (χ1v) is 8.70. The molecule has 2 aromatic carbocycles. The number of non-ortho nitro benzene ring substituents is 1. The fourth-order valence-corrected chi connectivity index (χ4v) is 2.34. The molecule has 0 aliphatic carbocycles. The molecule has 0 bridgehead atoms. The number of hydrogen-bond acceptors (Lipinski definition) is 5. The van der Waals surface area contributed by atoms with E-state index >= 15 is 0 Å². The summed E-state index contributed by atoms with van der Waals surface area (Å²) in [4.78, 5) is 35.1. The summed E-state index contributed by atoms with van der Waals surface area (Å²) in [5, 5.41) is 16.2. The van der Waals surface area contributed by atoms with E-state index in [2.05, 4.69) is 10.6 Å². The van der Waals surface area contributed by atoms with Crippen LogP contribution in [-0.4, -0.2) is 28.4 Å². The van der Waals surface area contributed by atoms with Crippen LogP contribution < -0.4 is 15.4 Å². The van der Waals surface area contributed by atoms with Gasteiger partial charge in [0.15, 0.2) is 6.10 Å². The normalized spacial score (nSPS) is 12.0. The number of nitro benzene ring substituents is 1. The largest absolute Gasteiger partial charge is 0.481 e. The maximum atomic E-state index is 12.5. The summed E-state index contributed by atoms with van der Waals surface area (Å²) in [6, 6.07) is 12.1. The maximum absolute atomic E-state index is 12.5. The predicted octanol–water partition coefficient (Wildman–Crippen LogP) is 3.53. The number of ether oxygens (including phenoxy) is 1. The third-order valence-corrected chi connectivity index (χ3v) is 3.65. The van der Waals surface area contributed by atoms with Gasteiger partial charge in [-0.2, -0.15) is 0 Å². The summed E-state index contributed by atoms with van der Waals surface area (Å²) in [7, 11) is 0.